The first-order valence-corrected chi connectivity index (χ1v) is 6.35. The van der Waals surface area contributed by atoms with E-state index in [0.717, 1.165) is 16.8 Å². The van der Waals surface area contributed by atoms with Crippen LogP contribution in [0.5, 0.6) is 5.75 Å². The fourth-order valence-corrected chi connectivity index (χ4v) is 3.29. The molecule has 1 aromatic rings. The van der Waals surface area contributed by atoms with Crippen LogP contribution in [0.3, 0.4) is 0 Å². The Morgan fingerprint density at radius 2 is 2.12 bits per heavy atom. The van der Waals surface area contributed by atoms with Crippen molar-refractivity contribution in [3.63, 3.8) is 0 Å². The fraction of sp³-hybridized carbons (Fsp3) is 0.538. The lowest BCUT2D eigenvalue weighted by molar-refractivity contribution is 0.414. The van der Waals surface area contributed by atoms with E-state index in [1.54, 1.807) is 7.11 Å². The molecule has 0 aliphatic heterocycles. The van der Waals surface area contributed by atoms with Gasteiger partial charge in [0.05, 0.1) is 7.11 Å². The largest absolute Gasteiger partial charge is 0.497 e. The maximum Gasteiger partial charge on any atom is 0.120 e. The third-order valence-electron chi connectivity index (χ3n) is 3.85. The monoisotopic (exact) mass is 283 g/mol. The molecule has 2 atom stereocenters. The van der Waals surface area contributed by atoms with Crippen molar-refractivity contribution in [1.82, 2.24) is 0 Å². The highest BCUT2D eigenvalue weighted by Gasteiger charge is 2.57. The number of hydrogen-bond acceptors (Lipinski definition) is 2. The van der Waals surface area contributed by atoms with Crippen molar-refractivity contribution in [1.29, 1.82) is 0 Å². The molecule has 1 fully saturated rings. The Kier molecular flexibility index (Phi) is 3.01. The standard InChI is InChI=1S/C13H18BrNO/c1-13(2)10(7-15)12(13)9-5-4-8(16-3)6-11(9)14/h4-6,10,12H,7,15H2,1-3H3. The first kappa shape index (κ1) is 11.9. The predicted octanol–water partition coefficient (Wildman–Crippen LogP) is 3.16. The Bertz CT molecular complexity index is 403. The number of ether oxygens (including phenoxy) is 1. The quantitative estimate of drug-likeness (QED) is 0.925. The molecule has 0 aromatic heterocycles. The second kappa shape index (κ2) is 4.04. The molecule has 1 aromatic carbocycles. The van der Waals surface area contributed by atoms with E-state index in [2.05, 4.69) is 35.8 Å². The summed E-state index contributed by atoms with van der Waals surface area (Å²) in [5.74, 6) is 2.05. The van der Waals surface area contributed by atoms with Gasteiger partial charge in [0.25, 0.3) is 0 Å². The smallest absolute Gasteiger partial charge is 0.120 e. The summed E-state index contributed by atoms with van der Waals surface area (Å²) in [7, 11) is 1.69. The number of methoxy groups -OCH3 is 1. The summed E-state index contributed by atoms with van der Waals surface area (Å²) >= 11 is 3.62. The van der Waals surface area contributed by atoms with Crippen LogP contribution < -0.4 is 10.5 Å². The Hall–Kier alpha value is -0.540. The molecular formula is C13H18BrNO. The normalized spacial score (nSPS) is 26.6. The molecule has 0 radical (unpaired) electrons. The van der Waals surface area contributed by atoms with Crippen molar-refractivity contribution < 1.29 is 4.74 Å². The van der Waals surface area contributed by atoms with Crippen LogP contribution in [-0.2, 0) is 0 Å². The molecule has 0 spiro atoms. The van der Waals surface area contributed by atoms with Gasteiger partial charge in [0.15, 0.2) is 0 Å². The van der Waals surface area contributed by atoms with Crippen LogP contribution in [0, 0.1) is 11.3 Å². The lowest BCUT2D eigenvalue weighted by Gasteiger charge is -2.08. The summed E-state index contributed by atoms with van der Waals surface area (Å²) in [6.45, 7) is 5.33. The van der Waals surface area contributed by atoms with Crippen molar-refractivity contribution in [2.24, 2.45) is 17.1 Å². The third-order valence-corrected chi connectivity index (χ3v) is 4.53. The average Bonchev–Trinajstić information content (AvgIpc) is 2.80. The Morgan fingerprint density at radius 1 is 1.44 bits per heavy atom. The van der Waals surface area contributed by atoms with Gasteiger partial charge in [-0.25, -0.2) is 0 Å². The first-order valence-electron chi connectivity index (χ1n) is 5.56. The van der Waals surface area contributed by atoms with Gasteiger partial charge in [0, 0.05) is 4.47 Å². The summed E-state index contributed by atoms with van der Waals surface area (Å²) in [5, 5.41) is 0. The molecule has 0 amide bonds. The van der Waals surface area contributed by atoms with Gasteiger partial charge >= 0.3 is 0 Å². The van der Waals surface area contributed by atoms with E-state index in [4.69, 9.17) is 10.5 Å². The molecule has 0 bridgehead atoms. The average molecular weight is 284 g/mol. The first-order chi connectivity index (χ1) is 7.52. The van der Waals surface area contributed by atoms with Gasteiger partial charge in [0.2, 0.25) is 0 Å². The Morgan fingerprint density at radius 3 is 2.56 bits per heavy atom. The van der Waals surface area contributed by atoms with E-state index in [0.29, 0.717) is 17.3 Å². The molecule has 0 saturated heterocycles. The van der Waals surface area contributed by atoms with Gasteiger partial charge in [-0.05, 0) is 41.5 Å². The van der Waals surface area contributed by atoms with Crippen LogP contribution in [0.2, 0.25) is 0 Å². The van der Waals surface area contributed by atoms with E-state index in [9.17, 15) is 0 Å². The van der Waals surface area contributed by atoms with Crippen LogP contribution in [0.25, 0.3) is 0 Å². The van der Waals surface area contributed by atoms with E-state index < -0.39 is 0 Å². The highest BCUT2D eigenvalue weighted by Crippen LogP contribution is 2.64. The minimum Gasteiger partial charge on any atom is -0.497 e. The highest BCUT2D eigenvalue weighted by molar-refractivity contribution is 9.10. The maximum atomic E-state index is 5.80. The van der Waals surface area contributed by atoms with Gasteiger partial charge < -0.3 is 10.5 Å². The van der Waals surface area contributed by atoms with Crippen molar-refractivity contribution in [2.45, 2.75) is 19.8 Å². The molecule has 3 heteroatoms. The SMILES string of the molecule is COc1ccc(C2C(CN)C2(C)C)c(Br)c1. The maximum absolute atomic E-state index is 5.80. The summed E-state index contributed by atoms with van der Waals surface area (Å²) in [6, 6.07) is 6.18. The van der Waals surface area contributed by atoms with Crippen LogP contribution in [0.15, 0.2) is 22.7 Å². The molecule has 88 valence electrons. The van der Waals surface area contributed by atoms with Crippen LogP contribution in [-0.4, -0.2) is 13.7 Å². The lowest BCUT2D eigenvalue weighted by atomic mass is 10.0. The summed E-state index contributed by atoms with van der Waals surface area (Å²) in [5.41, 5.74) is 7.48. The number of halogens is 1. The summed E-state index contributed by atoms with van der Waals surface area (Å²) in [4.78, 5) is 0. The van der Waals surface area contributed by atoms with Crippen molar-refractivity contribution in [2.75, 3.05) is 13.7 Å². The molecule has 2 nitrogen and oxygen atoms in total. The molecule has 2 unspecified atom stereocenters. The number of hydrogen-bond donors (Lipinski definition) is 1. The van der Waals surface area contributed by atoms with Crippen molar-refractivity contribution in [3.8, 4) is 5.75 Å². The zero-order valence-electron chi connectivity index (χ0n) is 9.96. The predicted molar refractivity (Wildman–Crippen MR) is 69.8 cm³/mol. The molecular weight excluding hydrogens is 266 g/mol. The number of benzene rings is 1. The van der Waals surface area contributed by atoms with Crippen LogP contribution >= 0.6 is 15.9 Å². The fourth-order valence-electron chi connectivity index (χ4n) is 2.69. The molecule has 2 N–H and O–H groups in total. The number of nitrogens with two attached hydrogens (primary N) is 1. The third kappa shape index (κ3) is 1.76. The molecule has 1 aliphatic rings. The Balaban J connectivity index is 2.30. The number of rotatable bonds is 3. The lowest BCUT2D eigenvalue weighted by Crippen LogP contribution is -2.05. The van der Waals surface area contributed by atoms with Gasteiger partial charge in [-0.3, -0.25) is 0 Å². The second-order valence-electron chi connectivity index (χ2n) is 5.03. The zero-order chi connectivity index (χ0) is 11.9. The van der Waals surface area contributed by atoms with E-state index >= 15 is 0 Å². The molecule has 0 heterocycles. The summed E-state index contributed by atoms with van der Waals surface area (Å²) in [6.07, 6.45) is 0. The van der Waals surface area contributed by atoms with Crippen molar-refractivity contribution >= 4 is 15.9 Å². The minimum atomic E-state index is 0.325. The zero-order valence-corrected chi connectivity index (χ0v) is 11.5. The van der Waals surface area contributed by atoms with Crippen LogP contribution in [0.4, 0.5) is 0 Å². The second-order valence-corrected chi connectivity index (χ2v) is 5.88. The molecule has 2 rings (SSSR count). The Labute approximate surface area is 105 Å². The van der Waals surface area contributed by atoms with Gasteiger partial charge in [-0.1, -0.05) is 35.8 Å². The molecule has 16 heavy (non-hydrogen) atoms. The topological polar surface area (TPSA) is 35.2 Å². The van der Waals surface area contributed by atoms with Crippen LogP contribution in [0.1, 0.15) is 25.3 Å². The van der Waals surface area contributed by atoms with E-state index in [-0.39, 0.29) is 0 Å². The highest BCUT2D eigenvalue weighted by atomic mass is 79.9. The minimum absolute atomic E-state index is 0.325. The van der Waals surface area contributed by atoms with E-state index in [1.165, 1.54) is 5.56 Å². The molecule has 1 aliphatic carbocycles. The van der Waals surface area contributed by atoms with Gasteiger partial charge in [-0.15, -0.1) is 0 Å². The van der Waals surface area contributed by atoms with Gasteiger partial charge in [-0.2, -0.15) is 0 Å². The summed E-state index contributed by atoms with van der Waals surface area (Å²) < 4.78 is 6.33. The van der Waals surface area contributed by atoms with E-state index in [1.807, 2.05) is 12.1 Å². The molecule has 1 saturated carbocycles. The van der Waals surface area contributed by atoms with Gasteiger partial charge in [0.1, 0.15) is 5.75 Å². The van der Waals surface area contributed by atoms with Crippen molar-refractivity contribution in [3.05, 3.63) is 28.2 Å².